The van der Waals surface area contributed by atoms with Gasteiger partial charge in [-0.3, -0.25) is 0 Å². The van der Waals surface area contributed by atoms with Gasteiger partial charge in [-0.25, -0.2) is 9.78 Å². The Labute approximate surface area is 150 Å². The van der Waals surface area contributed by atoms with Crippen LogP contribution in [-0.2, 0) is 0 Å². The molecule has 26 heavy (non-hydrogen) atoms. The third-order valence-electron chi connectivity index (χ3n) is 3.94. The van der Waals surface area contributed by atoms with Crippen LogP contribution in [0.25, 0.3) is 22.6 Å². The highest BCUT2D eigenvalue weighted by Crippen LogP contribution is 2.26. The Kier molecular flexibility index (Phi) is 4.11. The average Bonchev–Trinajstić information content (AvgIpc) is 3.06. The highest BCUT2D eigenvalue weighted by molar-refractivity contribution is 6.00. The number of fused-ring (bicyclic) bond motifs is 1. The summed E-state index contributed by atoms with van der Waals surface area (Å²) < 4.78 is 5.78. The molecule has 0 spiro atoms. The van der Waals surface area contributed by atoms with Gasteiger partial charge in [-0.15, -0.1) is 0 Å². The number of urea groups is 1. The van der Waals surface area contributed by atoms with Gasteiger partial charge in [-0.05, 0) is 55.0 Å². The van der Waals surface area contributed by atoms with E-state index in [4.69, 9.17) is 4.42 Å². The summed E-state index contributed by atoms with van der Waals surface area (Å²) >= 11 is 0. The Morgan fingerprint density at radius 2 is 1.62 bits per heavy atom. The SMILES string of the molecule is Cc1cccc(NC(=O)Nc2cccc(-c3nc4ccccc4o3)c2)c1. The van der Waals surface area contributed by atoms with Crippen molar-refractivity contribution in [3.05, 3.63) is 78.4 Å². The number of carbonyl (C=O) groups excluding carboxylic acids is 1. The molecule has 4 rings (SSSR count). The summed E-state index contributed by atoms with van der Waals surface area (Å²) in [5, 5.41) is 5.66. The molecule has 1 aromatic heterocycles. The summed E-state index contributed by atoms with van der Waals surface area (Å²) in [7, 11) is 0. The van der Waals surface area contributed by atoms with Crippen molar-refractivity contribution in [2.45, 2.75) is 6.92 Å². The highest BCUT2D eigenvalue weighted by atomic mass is 16.3. The zero-order valence-corrected chi connectivity index (χ0v) is 14.2. The van der Waals surface area contributed by atoms with Crippen LogP contribution in [0.4, 0.5) is 16.2 Å². The monoisotopic (exact) mass is 343 g/mol. The Balaban J connectivity index is 1.53. The Bertz CT molecular complexity index is 1050. The largest absolute Gasteiger partial charge is 0.436 e. The predicted molar refractivity (Wildman–Crippen MR) is 103 cm³/mol. The van der Waals surface area contributed by atoms with Crippen LogP contribution in [-0.4, -0.2) is 11.0 Å². The lowest BCUT2D eigenvalue weighted by atomic mass is 10.2. The third-order valence-corrected chi connectivity index (χ3v) is 3.94. The van der Waals surface area contributed by atoms with E-state index in [0.717, 1.165) is 27.9 Å². The first-order valence-electron chi connectivity index (χ1n) is 8.28. The summed E-state index contributed by atoms with van der Waals surface area (Å²) in [4.78, 5) is 16.7. The Morgan fingerprint density at radius 3 is 2.38 bits per heavy atom. The van der Waals surface area contributed by atoms with Gasteiger partial charge in [-0.1, -0.05) is 30.3 Å². The number of anilines is 2. The zero-order chi connectivity index (χ0) is 17.9. The van der Waals surface area contributed by atoms with Gasteiger partial charge >= 0.3 is 6.03 Å². The minimum absolute atomic E-state index is 0.301. The molecule has 3 aromatic carbocycles. The van der Waals surface area contributed by atoms with Gasteiger partial charge < -0.3 is 15.1 Å². The highest BCUT2D eigenvalue weighted by Gasteiger charge is 2.09. The Hall–Kier alpha value is -3.60. The van der Waals surface area contributed by atoms with E-state index >= 15 is 0 Å². The number of carbonyl (C=O) groups is 1. The van der Waals surface area contributed by atoms with E-state index in [2.05, 4.69) is 15.6 Å². The summed E-state index contributed by atoms with van der Waals surface area (Å²) in [5.41, 5.74) is 4.83. The van der Waals surface area contributed by atoms with Crippen molar-refractivity contribution in [1.82, 2.24) is 4.98 Å². The molecule has 0 aliphatic rings. The number of amides is 2. The maximum atomic E-state index is 12.2. The molecule has 0 saturated heterocycles. The molecule has 0 fully saturated rings. The van der Waals surface area contributed by atoms with Crippen LogP contribution in [0.2, 0.25) is 0 Å². The molecule has 5 nitrogen and oxygen atoms in total. The standard InChI is InChI=1S/C21H17N3O2/c1-14-6-4-8-16(12-14)22-21(25)23-17-9-5-7-15(13-17)20-24-18-10-2-3-11-19(18)26-20/h2-13H,1H3,(H2,22,23,25). The molecule has 0 aliphatic heterocycles. The number of oxazole rings is 1. The van der Waals surface area contributed by atoms with Crippen molar-refractivity contribution in [2.75, 3.05) is 10.6 Å². The number of para-hydroxylation sites is 2. The molecule has 2 amide bonds. The number of nitrogens with one attached hydrogen (secondary N) is 2. The molecular formula is C21H17N3O2. The number of rotatable bonds is 3. The first-order chi connectivity index (χ1) is 12.7. The van der Waals surface area contributed by atoms with Gasteiger partial charge in [0, 0.05) is 16.9 Å². The molecule has 0 aliphatic carbocycles. The van der Waals surface area contributed by atoms with E-state index < -0.39 is 0 Å². The lowest BCUT2D eigenvalue weighted by molar-refractivity contribution is 0.262. The fraction of sp³-hybridized carbons (Fsp3) is 0.0476. The van der Waals surface area contributed by atoms with Gasteiger partial charge in [0.1, 0.15) is 5.52 Å². The predicted octanol–water partition coefficient (Wildman–Crippen LogP) is 5.45. The number of hydrogen-bond acceptors (Lipinski definition) is 3. The van der Waals surface area contributed by atoms with Crippen LogP contribution in [0.3, 0.4) is 0 Å². The molecule has 0 radical (unpaired) electrons. The van der Waals surface area contributed by atoms with Crippen LogP contribution in [0.1, 0.15) is 5.56 Å². The number of nitrogens with zero attached hydrogens (tertiary/aromatic N) is 1. The topological polar surface area (TPSA) is 67.2 Å². The molecule has 5 heteroatoms. The number of aromatic nitrogens is 1. The van der Waals surface area contributed by atoms with Crippen molar-refractivity contribution in [3.8, 4) is 11.5 Å². The smallest absolute Gasteiger partial charge is 0.323 e. The number of hydrogen-bond donors (Lipinski definition) is 2. The van der Waals surface area contributed by atoms with E-state index in [9.17, 15) is 4.79 Å². The molecule has 0 atom stereocenters. The lowest BCUT2D eigenvalue weighted by Gasteiger charge is -2.08. The van der Waals surface area contributed by atoms with Crippen molar-refractivity contribution in [3.63, 3.8) is 0 Å². The fourth-order valence-corrected chi connectivity index (χ4v) is 2.74. The molecule has 128 valence electrons. The quantitative estimate of drug-likeness (QED) is 0.520. The lowest BCUT2D eigenvalue weighted by Crippen LogP contribution is -2.19. The molecule has 0 bridgehead atoms. The summed E-state index contributed by atoms with van der Waals surface area (Å²) in [6, 6.07) is 22.4. The summed E-state index contributed by atoms with van der Waals surface area (Å²) in [5.74, 6) is 0.522. The number of aryl methyl sites for hydroxylation is 1. The maximum Gasteiger partial charge on any atom is 0.323 e. The maximum absolute atomic E-state index is 12.2. The van der Waals surface area contributed by atoms with Crippen LogP contribution < -0.4 is 10.6 Å². The van der Waals surface area contributed by atoms with E-state index in [1.165, 1.54) is 0 Å². The minimum Gasteiger partial charge on any atom is -0.436 e. The Morgan fingerprint density at radius 1 is 0.885 bits per heavy atom. The van der Waals surface area contributed by atoms with Crippen molar-refractivity contribution in [2.24, 2.45) is 0 Å². The summed E-state index contributed by atoms with van der Waals surface area (Å²) in [6.45, 7) is 1.98. The normalized spacial score (nSPS) is 10.7. The van der Waals surface area contributed by atoms with Crippen LogP contribution in [0.15, 0.2) is 77.2 Å². The van der Waals surface area contributed by atoms with Gasteiger partial charge in [-0.2, -0.15) is 0 Å². The minimum atomic E-state index is -0.301. The van der Waals surface area contributed by atoms with E-state index in [-0.39, 0.29) is 6.03 Å². The molecule has 2 N–H and O–H groups in total. The van der Waals surface area contributed by atoms with Gasteiger partial charge in [0.05, 0.1) is 0 Å². The zero-order valence-electron chi connectivity index (χ0n) is 14.2. The van der Waals surface area contributed by atoms with E-state index in [0.29, 0.717) is 11.6 Å². The molecule has 1 heterocycles. The van der Waals surface area contributed by atoms with E-state index in [1.807, 2.05) is 79.7 Å². The van der Waals surface area contributed by atoms with Crippen LogP contribution in [0, 0.1) is 6.92 Å². The molecular weight excluding hydrogens is 326 g/mol. The number of benzene rings is 3. The average molecular weight is 343 g/mol. The van der Waals surface area contributed by atoms with Gasteiger partial charge in [0.25, 0.3) is 0 Å². The summed E-state index contributed by atoms with van der Waals surface area (Å²) in [6.07, 6.45) is 0. The first-order valence-corrected chi connectivity index (χ1v) is 8.28. The molecule has 4 aromatic rings. The van der Waals surface area contributed by atoms with Gasteiger partial charge in [0.15, 0.2) is 5.58 Å². The van der Waals surface area contributed by atoms with Crippen molar-refractivity contribution in [1.29, 1.82) is 0 Å². The molecule has 0 saturated carbocycles. The van der Waals surface area contributed by atoms with Crippen molar-refractivity contribution < 1.29 is 9.21 Å². The second-order valence-electron chi connectivity index (χ2n) is 6.02. The fourth-order valence-electron chi connectivity index (χ4n) is 2.74. The van der Waals surface area contributed by atoms with Crippen LogP contribution in [0.5, 0.6) is 0 Å². The second-order valence-corrected chi connectivity index (χ2v) is 6.02. The van der Waals surface area contributed by atoms with E-state index in [1.54, 1.807) is 0 Å². The molecule has 0 unspecified atom stereocenters. The first kappa shape index (κ1) is 15.9. The van der Waals surface area contributed by atoms with Gasteiger partial charge in [0.2, 0.25) is 5.89 Å². The van der Waals surface area contributed by atoms with Crippen LogP contribution >= 0.6 is 0 Å². The third kappa shape index (κ3) is 3.42. The van der Waals surface area contributed by atoms with Crippen molar-refractivity contribution >= 4 is 28.5 Å². The second kappa shape index (κ2) is 6.72.